The van der Waals surface area contributed by atoms with E-state index in [1.54, 1.807) is 24.3 Å². The first-order valence-electron chi connectivity index (χ1n) is 10.9. The van der Waals surface area contributed by atoms with E-state index in [2.05, 4.69) is 14.6 Å². The minimum atomic E-state index is -3.72. The van der Waals surface area contributed by atoms with Crippen LogP contribution in [-0.4, -0.2) is 92.6 Å². The molecule has 0 unspecified atom stereocenters. The van der Waals surface area contributed by atoms with Crippen LogP contribution in [0.5, 0.6) is 0 Å². The van der Waals surface area contributed by atoms with Gasteiger partial charge in [0.05, 0.1) is 6.54 Å². The lowest BCUT2D eigenvalue weighted by molar-refractivity contribution is -0.134. The summed E-state index contributed by atoms with van der Waals surface area (Å²) in [6.07, 6.45) is 2.30. The first-order valence-corrected chi connectivity index (χ1v) is 12.3. The molecule has 0 bridgehead atoms. The van der Waals surface area contributed by atoms with Crippen LogP contribution in [0.25, 0.3) is 0 Å². The zero-order valence-electron chi connectivity index (χ0n) is 17.8. The van der Waals surface area contributed by atoms with E-state index in [1.807, 2.05) is 16.7 Å². The summed E-state index contributed by atoms with van der Waals surface area (Å²) in [7, 11) is -3.72. The fourth-order valence-electron chi connectivity index (χ4n) is 4.59. The third kappa shape index (κ3) is 4.45. The molecule has 1 atom stereocenters. The van der Waals surface area contributed by atoms with Crippen LogP contribution in [0.15, 0.2) is 33.6 Å². The van der Waals surface area contributed by atoms with Gasteiger partial charge in [0.2, 0.25) is 11.8 Å². The molecular weight excluding hydrogens is 418 g/mol. The zero-order valence-corrected chi connectivity index (χ0v) is 18.6. The average molecular weight is 448 g/mol. The molecule has 1 N–H and O–H groups in total. The second-order valence-corrected chi connectivity index (χ2v) is 9.72. The van der Waals surface area contributed by atoms with E-state index in [4.69, 9.17) is 0 Å². The largest absolute Gasteiger partial charge is 0.355 e. The molecule has 2 saturated heterocycles. The molecule has 0 aliphatic carbocycles. The van der Waals surface area contributed by atoms with Crippen molar-refractivity contribution in [2.75, 3.05) is 45.8 Å². The number of fused-ring (bicyclic) bond motifs is 1. The van der Waals surface area contributed by atoms with Crippen LogP contribution in [0.4, 0.5) is 0 Å². The highest BCUT2D eigenvalue weighted by atomic mass is 32.2. The minimum absolute atomic E-state index is 0.00311. The highest BCUT2D eigenvalue weighted by molar-refractivity contribution is 7.90. The Labute approximate surface area is 183 Å². The number of carbonyl (C=O) groups excluding carboxylic acids is 2. The van der Waals surface area contributed by atoms with Crippen LogP contribution in [0.1, 0.15) is 31.7 Å². The number of rotatable bonds is 4. The van der Waals surface area contributed by atoms with Crippen molar-refractivity contribution in [2.45, 2.75) is 37.1 Å². The van der Waals surface area contributed by atoms with Gasteiger partial charge in [0, 0.05) is 44.8 Å². The third-order valence-electron chi connectivity index (χ3n) is 6.06. The SMILES string of the molecule is CCNC(=O)CN1CCCN(C(=O)[C@@H]2CCCN2C2=NS(=O)(=O)c3ccccc32)CC1. The van der Waals surface area contributed by atoms with Gasteiger partial charge in [0.25, 0.3) is 10.0 Å². The standard InChI is InChI=1S/C21H29N5O4S/c1-2-22-19(27)15-24-10-6-11-25(14-13-24)21(28)17-8-5-12-26(17)20-16-7-3-4-9-18(16)31(29,30)23-20/h3-4,7,9,17H,2,5-6,8,10-15H2,1H3,(H,22,27)/t17-/m0/s1. The molecule has 31 heavy (non-hydrogen) atoms. The van der Waals surface area contributed by atoms with Crippen molar-refractivity contribution in [1.82, 2.24) is 20.0 Å². The molecule has 3 aliphatic heterocycles. The van der Waals surface area contributed by atoms with Gasteiger partial charge in [-0.3, -0.25) is 14.5 Å². The predicted octanol–water partition coefficient (Wildman–Crippen LogP) is 0.270. The highest BCUT2D eigenvalue weighted by Gasteiger charge is 2.40. The highest BCUT2D eigenvalue weighted by Crippen LogP contribution is 2.31. The topological polar surface area (TPSA) is 102 Å². The van der Waals surface area contributed by atoms with Gasteiger partial charge in [-0.25, -0.2) is 0 Å². The molecule has 2 amide bonds. The molecule has 0 radical (unpaired) electrons. The van der Waals surface area contributed by atoms with E-state index < -0.39 is 16.1 Å². The second-order valence-electron chi connectivity index (χ2n) is 8.15. The van der Waals surface area contributed by atoms with Crippen molar-refractivity contribution in [3.8, 4) is 0 Å². The fraction of sp³-hybridized carbons (Fsp3) is 0.571. The van der Waals surface area contributed by atoms with Crippen molar-refractivity contribution in [2.24, 2.45) is 4.40 Å². The Hall–Kier alpha value is -2.46. The van der Waals surface area contributed by atoms with Crippen molar-refractivity contribution < 1.29 is 18.0 Å². The number of amidine groups is 1. The number of nitrogens with one attached hydrogen (secondary N) is 1. The van der Waals surface area contributed by atoms with Gasteiger partial charge < -0.3 is 15.1 Å². The fourth-order valence-corrected chi connectivity index (χ4v) is 5.81. The molecule has 168 valence electrons. The average Bonchev–Trinajstić information content (AvgIpc) is 3.24. The van der Waals surface area contributed by atoms with Crippen molar-refractivity contribution in [3.05, 3.63) is 29.8 Å². The monoisotopic (exact) mass is 447 g/mol. The Morgan fingerprint density at radius 2 is 1.90 bits per heavy atom. The maximum absolute atomic E-state index is 13.4. The Morgan fingerprint density at radius 1 is 1.10 bits per heavy atom. The first kappa shape index (κ1) is 21.8. The molecular formula is C21H29N5O4S. The van der Waals surface area contributed by atoms with Gasteiger partial charge in [0.15, 0.2) is 5.84 Å². The Balaban J connectivity index is 1.46. The van der Waals surface area contributed by atoms with Crippen molar-refractivity contribution >= 4 is 27.7 Å². The second kappa shape index (κ2) is 8.96. The maximum Gasteiger partial charge on any atom is 0.285 e. The number of likely N-dealkylation sites (N-methyl/N-ethyl adjacent to an activating group) is 1. The number of likely N-dealkylation sites (tertiary alicyclic amines) is 1. The summed E-state index contributed by atoms with van der Waals surface area (Å²) in [6.45, 7) is 6.07. The van der Waals surface area contributed by atoms with Crippen LogP contribution in [0.3, 0.4) is 0 Å². The summed E-state index contributed by atoms with van der Waals surface area (Å²) >= 11 is 0. The summed E-state index contributed by atoms with van der Waals surface area (Å²) < 4.78 is 29.0. The van der Waals surface area contributed by atoms with E-state index in [0.29, 0.717) is 57.1 Å². The molecule has 1 aromatic carbocycles. The number of hydrogen-bond acceptors (Lipinski definition) is 6. The van der Waals surface area contributed by atoms with Gasteiger partial charge in [0.1, 0.15) is 10.9 Å². The molecule has 0 aromatic heterocycles. The lowest BCUT2D eigenvalue weighted by atomic mass is 10.1. The molecule has 10 heteroatoms. The van der Waals surface area contributed by atoms with Gasteiger partial charge in [-0.15, -0.1) is 4.40 Å². The van der Waals surface area contributed by atoms with Gasteiger partial charge >= 0.3 is 0 Å². The van der Waals surface area contributed by atoms with Crippen LogP contribution < -0.4 is 5.32 Å². The van der Waals surface area contributed by atoms with Gasteiger partial charge in [-0.05, 0) is 38.3 Å². The van der Waals surface area contributed by atoms with Crippen LogP contribution >= 0.6 is 0 Å². The Morgan fingerprint density at radius 3 is 2.71 bits per heavy atom. The van der Waals surface area contributed by atoms with E-state index >= 15 is 0 Å². The number of benzene rings is 1. The molecule has 9 nitrogen and oxygen atoms in total. The molecule has 0 spiro atoms. The number of nitrogens with zero attached hydrogens (tertiary/aromatic N) is 4. The molecule has 1 aromatic rings. The summed E-state index contributed by atoms with van der Waals surface area (Å²) in [5.74, 6) is 0.407. The number of hydrogen-bond donors (Lipinski definition) is 1. The summed E-state index contributed by atoms with van der Waals surface area (Å²) in [6, 6.07) is 6.39. The van der Waals surface area contributed by atoms with Gasteiger partial charge in [-0.1, -0.05) is 12.1 Å². The van der Waals surface area contributed by atoms with E-state index in [-0.39, 0.29) is 16.7 Å². The van der Waals surface area contributed by atoms with Crippen molar-refractivity contribution in [3.63, 3.8) is 0 Å². The van der Waals surface area contributed by atoms with Crippen LogP contribution in [0, 0.1) is 0 Å². The summed E-state index contributed by atoms with van der Waals surface area (Å²) in [4.78, 5) is 31.3. The summed E-state index contributed by atoms with van der Waals surface area (Å²) in [5.41, 5.74) is 0.575. The Kier molecular flexibility index (Phi) is 6.29. The molecule has 3 heterocycles. The van der Waals surface area contributed by atoms with Crippen LogP contribution in [-0.2, 0) is 19.6 Å². The van der Waals surface area contributed by atoms with Crippen molar-refractivity contribution in [1.29, 1.82) is 0 Å². The summed E-state index contributed by atoms with van der Waals surface area (Å²) in [5, 5.41) is 2.81. The molecule has 2 fully saturated rings. The van der Waals surface area contributed by atoms with E-state index in [9.17, 15) is 18.0 Å². The van der Waals surface area contributed by atoms with Gasteiger partial charge in [-0.2, -0.15) is 8.42 Å². The first-order chi connectivity index (χ1) is 14.9. The number of carbonyl (C=O) groups is 2. The van der Waals surface area contributed by atoms with Crippen LogP contribution in [0.2, 0.25) is 0 Å². The Bertz CT molecular complexity index is 993. The quantitative estimate of drug-likeness (QED) is 0.711. The van der Waals surface area contributed by atoms with E-state index in [0.717, 1.165) is 19.4 Å². The third-order valence-corrected chi connectivity index (χ3v) is 7.39. The lowest BCUT2D eigenvalue weighted by Gasteiger charge is -2.30. The predicted molar refractivity (Wildman–Crippen MR) is 116 cm³/mol. The molecule has 3 aliphatic rings. The molecule has 4 rings (SSSR count). The smallest absolute Gasteiger partial charge is 0.285 e. The normalized spacial score (nSPS) is 23.3. The lowest BCUT2D eigenvalue weighted by Crippen LogP contribution is -2.49. The maximum atomic E-state index is 13.4. The number of amides is 2. The zero-order chi connectivity index (χ0) is 22.0. The minimum Gasteiger partial charge on any atom is -0.355 e. The van der Waals surface area contributed by atoms with E-state index in [1.165, 1.54) is 0 Å². The molecule has 0 saturated carbocycles. The number of sulfonamides is 1.